The van der Waals surface area contributed by atoms with E-state index >= 15 is 0 Å². The maximum Gasteiger partial charge on any atom is 0.258 e. The van der Waals surface area contributed by atoms with Gasteiger partial charge in [0.15, 0.2) is 0 Å². The summed E-state index contributed by atoms with van der Waals surface area (Å²) in [6.45, 7) is -0.215. The van der Waals surface area contributed by atoms with Crippen molar-refractivity contribution in [1.29, 1.82) is 5.26 Å². The molecule has 8 nitrogen and oxygen atoms in total. The third-order valence-electron chi connectivity index (χ3n) is 2.92. The molecule has 2 N–H and O–H groups in total. The van der Waals surface area contributed by atoms with Gasteiger partial charge in [0.25, 0.3) is 5.91 Å². The molecule has 0 fully saturated rings. The summed E-state index contributed by atoms with van der Waals surface area (Å²) >= 11 is 0. The molecular formula is C15H15N5O3. The number of ether oxygens (including phenoxy) is 1. The fourth-order valence-electron chi connectivity index (χ4n) is 1.90. The summed E-state index contributed by atoms with van der Waals surface area (Å²) in [5.74, 6) is -0.681. The Balaban J connectivity index is 1.93. The van der Waals surface area contributed by atoms with Crippen molar-refractivity contribution in [2.24, 2.45) is 7.05 Å². The number of rotatable bonds is 5. The lowest BCUT2D eigenvalue weighted by Crippen LogP contribution is -2.32. The van der Waals surface area contributed by atoms with Gasteiger partial charge in [-0.1, -0.05) is 6.07 Å². The number of methoxy groups -OCH3 is 1. The Hall–Kier alpha value is -3.34. The van der Waals surface area contributed by atoms with E-state index in [-0.39, 0.29) is 18.0 Å². The smallest absolute Gasteiger partial charge is 0.258 e. The van der Waals surface area contributed by atoms with Crippen LogP contribution in [-0.2, 0) is 11.8 Å². The van der Waals surface area contributed by atoms with Gasteiger partial charge in [0.1, 0.15) is 5.56 Å². The number of hydrogen-bond donors (Lipinski definition) is 2. The number of nitrogens with zero attached hydrogens (tertiary/aromatic N) is 3. The molecule has 0 aliphatic heterocycles. The summed E-state index contributed by atoms with van der Waals surface area (Å²) in [4.78, 5) is 23.9. The Labute approximate surface area is 132 Å². The van der Waals surface area contributed by atoms with Crippen LogP contribution in [0.5, 0.6) is 5.88 Å². The fourth-order valence-corrected chi connectivity index (χ4v) is 1.90. The number of amides is 2. The first-order valence-corrected chi connectivity index (χ1v) is 6.69. The van der Waals surface area contributed by atoms with Crippen LogP contribution in [-0.4, -0.2) is 35.2 Å². The van der Waals surface area contributed by atoms with Crippen molar-refractivity contribution in [3.8, 4) is 11.9 Å². The molecular weight excluding hydrogens is 298 g/mol. The van der Waals surface area contributed by atoms with E-state index in [0.29, 0.717) is 11.3 Å². The van der Waals surface area contributed by atoms with Crippen molar-refractivity contribution in [3.63, 3.8) is 0 Å². The summed E-state index contributed by atoms with van der Waals surface area (Å²) < 4.78 is 6.44. The van der Waals surface area contributed by atoms with Crippen LogP contribution in [0, 0.1) is 11.3 Å². The number of carbonyl (C=O) groups is 2. The number of benzene rings is 1. The lowest BCUT2D eigenvalue weighted by atomic mass is 10.2. The van der Waals surface area contributed by atoms with Crippen LogP contribution in [0.1, 0.15) is 15.9 Å². The number of aromatic nitrogens is 2. The van der Waals surface area contributed by atoms with Gasteiger partial charge in [-0.05, 0) is 18.2 Å². The molecule has 0 saturated heterocycles. The molecule has 1 heterocycles. The minimum Gasteiger partial charge on any atom is -0.479 e. The van der Waals surface area contributed by atoms with Crippen LogP contribution in [0.2, 0.25) is 0 Å². The van der Waals surface area contributed by atoms with Crippen LogP contribution in [0.3, 0.4) is 0 Å². The first kappa shape index (κ1) is 16.0. The average Bonchev–Trinajstić information content (AvgIpc) is 2.94. The molecule has 118 valence electrons. The molecule has 0 radical (unpaired) electrons. The second-order valence-electron chi connectivity index (χ2n) is 4.65. The average molecular weight is 313 g/mol. The largest absolute Gasteiger partial charge is 0.479 e. The van der Waals surface area contributed by atoms with E-state index in [9.17, 15) is 9.59 Å². The maximum absolute atomic E-state index is 12.0. The van der Waals surface area contributed by atoms with Gasteiger partial charge >= 0.3 is 0 Å². The molecule has 0 aliphatic carbocycles. The third-order valence-corrected chi connectivity index (χ3v) is 2.92. The Kier molecular flexibility index (Phi) is 4.94. The fraction of sp³-hybridized carbons (Fsp3) is 0.200. The molecule has 0 spiro atoms. The summed E-state index contributed by atoms with van der Waals surface area (Å²) in [6.07, 6.45) is 1.50. The van der Waals surface area contributed by atoms with Gasteiger partial charge in [-0.2, -0.15) is 5.26 Å². The van der Waals surface area contributed by atoms with Gasteiger partial charge in [-0.15, -0.1) is 5.10 Å². The lowest BCUT2D eigenvalue weighted by Gasteiger charge is -2.07. The Bertz CT molecular complexity index is 776. The zero-order valence-electron chi connectivity index (χ0n) is 12.7. The SMILES string of the molecule is COc1nn(C)cc1C(=O)NCC(=O)Nc1cccc(C#N)c1. The highest BCUT2D eigenvalue weighted by Crippen LogP contribution is 2.14. The van der Waals surface area contributed by atoms with Gasteiger partial charge in [-0.3, -0.25) is 14.3 Å². The summed E-state index contributed by atoms with van der Waals surface area (Å²) in [5.41, 5.74) is 1.17. The van der Waals surface area contributed by atoms with Crippen molar-refractivity contribution in [3.05, 3.63) is 41.6 Å². The molecule has 2 amide bonds. The van der Waals surface area contributed by atoms with E-state index in [2.05, 4.69) is 15.7 Å². The van der Waals surface area contributed by atoms with Crippen LogP contribution in [0.4, 0.5) is 5.69 Å². The molecule has 23 heavy (non-hydrogen) atoms. The summed E-state index contributed by atoms with van der Waals surface area (Å²) in [5, 5.41) is 17.9. The highest BCUT2D eigenvalue weighted by atomic mass is 16.5. The van der Waals surface area contributed by atoms with Gasteiger partial charge in [0.05, 0.1) is 25.3 Å². The first-order valence-electron chi connectivity index (χ1n) is 6.69. The minimum absolute atomic E-state index is 0.187. The van der Waals surface area contributed by atoms with Gasteiger partial charge in [-0.25, -0.2) is 0 Å². The summed E-state index contributed by atoms with van der Waals surface area (Å²) in [7, 11) is 3.07. The van der Waals surface area contributed by atoms with Crippen LogP contribution in [0.15, 0.2) is 30.5 Å². The van der Waals surface area contributed by atoms with E-state index in [1.165, 1.54) is 18.0 Å². The second kappa shape index (κ2) is 7.09. The molecule has 0 aliphatic rings. The van der Waals surface area contributed by atoms with Crippen molar-refractivity contribution < 1.29 is 14.3 Å². The molecule has 2 rings (SSSR count). The van der Waals surface area contributed by atoms with Gasteiger partial charge < -0.3 is 15.4 Å². The number of nitriles is 1. The molecule has 1 aromatic carbocycles. The van der Waals surface area contributed by atoms with Crippen LogP contribution >= 0.6 is 0 Å². The van der Waals surface area contributed by atoms with Crippen molar-refractivity contribution in [2.75, 3.05) is 19.0 Å². The molecule has 0 unspecified atom stereocenters. The second-order valence-corrected chi connectivity index (χ2v) is 4.65. The first-order chi connectivity index (χ1) is 11.0. The van der Waals surface area contributed by atoms with Crippen LogP contribution in [0.25, 0.3) is 0 Å². The molecule has 0 saturated carbocycles. The number of aryl methyl sites for hydroxylation is 1. The Morgan fingerprint density at radius 3 is 2.91 bits per heavy atom. The number of nitrogens with one attached hydrogen (secondary N) is 2. The third kappa shape index (κ3) is 4.07. The maximum atomic E-state index is 12.0. The molecule has 0 bridgehead atoms. The van der Waals surface area contributed by atoms with Gasteiger partial charge in [0, 0.05) is 18.9 Å². The minimum atomic E-state index is -0.462. The van der Waals surface area contributed by atoms with Crippen molar-refractivity contribution in [1.82, 2.24) is 15.1 Å². The molecule has 2 aromatic rings. The van der Waals surface area contributed by atoms with Crippen molar-refractivity contribution in [2.45, 2.75) is 0 Å². The molecule has 8 heteroatoms. The highest BCUT2D eigenvalue weighted by molar-refractivity contribution is 6.00. The number of carbonyl (C=O) groups excluding carboxylic acids is 2. The summed E-state index contributed by atoms with van der Waals surface area (Å²) in [6, 6.07) is 8.48. The van der Waals surface area contributed by atoms with E-state index < -0.39 is 11.8 Å². The number of anilines is 1. The predicted octanol–water partition coefficient (Wildman–Crippen LogP) is 0.669. The number of hydrogen-bond acceptors (Lipinski definition) is 5. The lowest BCUT2D eigenvalue weighted by molar-refractivity contribution is -0.115. The Morgan fingerprint density at radius 1 is 1.43 bits per heavy atom. The van der Waals surface area contributed by atoms with E-state index in [1.807, 2.05) is 6.07 Å². The molecule has 1 aromatic heterocycles. The van der Waals surface area contributed by atoms with E-state index in [1.54, 1.807) is 31.3 Å². The van der Waals surface area contributed by atoms with E-state index in [4.69, 9.17) is 10.00 Å². The normalized spacial score (nSPS) is 9.78. The quantitative estimate of drug-likeness (QED) is 0.843. The van der Waals surface area contributed by atoms with Gasteiger partial charge in [0.2, 0.25) is 11.8 Å². The Morgan fingerprint density at radius 2 is 2.22 bits per heavy atom. The monoisotopic (exact) mass is 313 g/mol. The standard InChI is InChI=1S/C15H15N5O3/c1-20-9-12(15(19-20)23-2)14(22)17-8-13(21)18-11-5-3-4-10(6-11)7-16/h3-6,9H,8H2,1-2H3,(H,17,22)(H,18,21). The van der Waals surface area contributed by atoms with E-state index in [0.717, 1.165) is 0 Å². The zero-order chi connectivity index (χ0) is 16.8. The van der Waals surface area contributed by atoms with Crippen molar-refractivity contribution >= 4 is 17.5 Å². The zero-order valence-corrected chi connectivity index (χ0v) is 12.7. The topological polar surface area (TPSA) is 109 Å². The van der Waals surface area contributed by atoms with Crippen LogP contribution < -0.4 is 15.4 Å². The molecule has 0 atom stereocenters. The predicted molar refractivity (Wildman–Crippen MR) is 81.9 cm³/mol. The highest BCUT2D eigenvalue weighted by Gasteiger charge is 2.16.